The molecule has 1 N–H and O–H groups in total. The van der Waals surface area contributed by atoms with Crippen LogP contribution in [0, 0.1) is 13.8 Å². The molecule has 1 aromatic heterocycles. The van der Waals surface area contributed by atoms with Gasteiger partial charge in [0.15, 0.2) is 0 Å². The minimum atomic E-state index is -0.336. The average molecular weight is 360 g/mol. The maximum absolute atomic E-state index is 12.2. The van der Waals surface area contributed by atoms with Crippen molar-refractivity contribution in [3.63, 3.8) is 0 Å². The van der Waals surface area contributed by atoms with Crippen molar-refractivity contribution in [1.29, 1.82) is 0 Å². The highest BCUT2D eigenvalue weighted by Gasteiger charge is 2.12. The van der Waals surface area contributed by atoms with Crippen molar-refractivity contribution in [3.05, 3.63) is 46.8 Å². The smallest absolute Gasteiger partial charge is 0.307 e. The molecule has 1 heterocycles. The molecule has 1 aromatic carbocycles. The van der Waals surface area contributed by atoms with Crippen LogP contribution in [0.5, 0.6) is 5.75 Å². The van der Waals surface area contributed by atoms with Gasteiger partial charge in [0.05, 0.1) is 23.8 Å². The number of hydrogen-bond donors (Lipinski definition) is 1. The van der Waals surface area contributed by atoms with Gasteiger partial charge in [0.1, 0.15) is 18.1 Å². The number of rotatable bonds is 8. The van der Waals surface area contributed by atoms with E-state index in [1.54, 1.807) is 38.1 Å². The van der Waals surface area contributed by atoms with Crippen molar-refractivity contribution in [3.8, 4) is 5.75 Å². The topological polar surface area (TPSA) is 90.7 Å². The van der Waals surface area contributed by atoms with Crippen molar-refractivity contribution in [2.24, 2.45) is 0 Å². The van der Waals surface area contributed by atoms with Crippen LogP contribution in [0.2, 0.25) is 0 Å². The number of carbonyl (C=O) groups excluding carboxylic acids is 2. The first kappa shape index (κ1) is 19.5. The Labute approximate surface area is 152 Å². The second kappa shape index (κ2) is 9.03. The number of aromatic nitrogens is 1. The Balaban J connectivity index is 1.87. The summed E-state index contributed by atoms with van der Waals surface area (Å²) in [6, 6.07) is 6.85. The van der Waals surface area contributed by atoms with Gasteiger partial charge >= 0.3 is 5.97 Å². The van der Waals surface area contributed by atoms with Crippen LogP contribution in [0.15, 0.2) is 28.8 Å². The molecule has 0 bridgehead atoms. The van der Waals surface area contributed by atoms with E-state index in [2.05, 4.69) is 10.5 Å². The normalized spacial score (nSPS) is 10.7. The summed E-state index contributed by atoms with van der Waals surface area (Å²) in [5.41, 5.74) is 2.13. The van der Waals surface area contributed by atoms with E-state index < -0.39 is 0 Å². The van der Waals surface area contributed by atoms with Gasteiger partial charge in [-0.3, -0.25) is 9.59 Å². The third kappa shape index (κ3) is 5.61. The Hall–Kier alpha value is -2.83. The number of nitrogens with zero attached hydrogens (tertiary/aromatic N) is 1. The summed E-state index contributed by atoms with van der Waals surface area (Å²) < 4.78 is 15.9. The maximum atomic E-state index is 12.2. The van der Waals surface area contributed by atoms with Gasteiger partial charge in [-0.15, -0.1) is 0 Å². The molecule has 26 heavy (non-hydrogen) atoms. The number of esters is 1. The molecule has 2 rings (SSSR count). The Morgan fingerprint density at radius 2 is 2.04 bits per heavy atom. The van der Waals surface area contributed by atoms with Gasteiger partial charge in [-0.2, -0.15) is 0 Å². The number of aryl methyl sites for hydroxylation is 2. The predicted molar refractivity (Wildman–Crippen MR) is 94.9 cm³/mol. The van der Waals surface area contributed by atoms with Crippen molar-refractivity contribution < 1.29 is 23.6 Å². The highest BCUT2D eigenvalue weighted by Crippen LogP contribution is 2.18. The molecule has 0 radical (unpaired) electrons. The van der Waals surface area contributed by atoms with Crippen LogP contribution in [-0.2, 0) is 16.1 Å². The molecule has 140 valence electrons. The monoisotopic (exact) mass is 360 g/mol. The van der Waals surface area contributed by atoms with E-state index in [1.807, 2.05) is 13.8 Å². The van der Waals surface area contributed by atoms with Crippen LogP contribution < -0.4 is 10.1 Å². The standard InChI is InChI=1S/C19H24N2O5/c1-12(2)25-18(22)8-9-20-19(23)15-6-5-7-16(10-15)24-11-17-13(3)21-26-14(17)4/h5-7,10,12H,8-9,11H2,1-4H3,(H,20,23). The third-order valence-electron chi connectivity index (χ3n) is 3.64. The SMILES string of the molecule is Cc1noc(C)c1COc1cccc(C(=O)NCCC(=O)OC(C)C)c1. The number of amides is 1. The number of nitrogens with one attached hydrogen (secondary N) is 1. The number of carbonyl (C=O) groups is 2. The number of hydrogen-bond acceptors (Lipinski definition) is 6. The molecule has 2 aromatic rings. The Morgan fingerprint density at radius 1 is 1.27 bits per heavy atom. The third-order valence-corrected chi connectivity index (χ3v) is 3.64. The first-order chi connectivity index (χ1) is 12.4. The van der Waals surface area contributed by atoms with Gasteiger partial charge in [0.2, 0.25) is 0 Å². The van der Waals surface area contributed by atoms with E-state index in [0.29, 0.717) is 23.7 Å². The molecule has 7 nitrogen and oxygen atoms in total. The fourth-order valence-electron chi connectivity index (χ4n) is 2.29. The van der Waals surface area contributed by atoms with Gasteiger partial charge in [0.25, 0.3) is 5.91 Å². The van der Waals surface area contributed by atoms with Crippen LogP contribution in [0.1, 0.15) is 47.6 Å². The molecule has 0 unspecified atom stereocenters. The zero-order valence-corrected chi connectivity index (χ0v) is 15.5. The second-order valence-corrected chi connectivity index (χ2v) is 6.16. The highest BCUT2D eigenvalue weighted by molar-refractivity contribution is 5.94. The van der Waals surface area contributed by atoms with Crippen LogP contribution in [0.25, 0.3) is 0 Å². The van der Waals surface area contributed by atoms with Gasteiger partial charge in [0, 0.05) is 12.1 Å². The van der Waals surface area contributed by atoms with Crippen LogP contribution in [-0.4, -0.2) is 29.7 Å². The Bertz CT molecular complexity index is 748. The van der Waals surface area contributed by atoms with Gasteiger partial charge in [-0.1, -0.05) is 11.2 Å². The Kier molecular flexibility index (Phi) is 6.77. The van der Waals surface area contributed by atoms with Gasteiger partial charge in [-0.25, -0.2) is 0 Å². The summed E-state index contributed by atoms with van der Waals surface area (Å²) in [5, 5.41) is 6.58. The lowest BCUT2D eigenvalue weighted by atomic mass is 10.2. The minimum absolute atomic E-state index is 0.131. The molecule has 0 fully saturated rings. The van der Waals surface area contributed by atoms with E-state index in [4.69, 9.17) is 14.0 Å². The van der Waals surface area contributed by atoms with Gasteiger partial charge < -0.3 is 19.3 Å². The van der Waals surface area contributed by atoms with Crippen LogP contribution in [0.4, 0.5) is 0 Å². The molecule has 1 amide bonds. The van der Waals surface area contributed by atoms with Crippen LogP contribution in [0.3, 0.4) is 0 Å². The van der Waals surface area contributed by atoms with Crippen molar-refractivity contribution in [1.82, 2.24) is 10.5 Å². The minimum Gasteiger partial charge on any atom is -0.489 e. The molecule has 0 spiro atoms. The number of benzene rings is 1. The lowest BCUT2D eigenvalue weighted by Gasteiger charge is -2.10. The quantitative estimate of drug-likeness (QED) is 0.728. The lowest BCUT2D eigenvalue weighted by molar-refractivity contribution is -0.147. The van der Waals surface area contributed by atoms with Crippen molar-refractivity contribution >= 4 is 11.9 Å². The van der Waals surface area contributed by atoms with E-state index in [-0.39, 0.29) is 30.9 Å². The van der Waals surface area contributed by atoms with Crippen molar-refractivity contribution in [2.45, 2.75) is 46.8 Å². The Morgan fingerprint density at radius 3 is 2.69 bits per heavy atom. The number of ether oxygens (including phenoxy) is 2. The summed E-state index contributed by atoms with van der Waals surface area (Å²) in [5.74, 6) is 0.670. The van der Waals surface area contributed by atoms with E-state index >= 15 is 0 Å². The molecule has 0 saturated heterocycles. The summed E-state index contributed by atoms with van der Waals surface area (Å²) in [6.45, 7) is 7.77. The molecule has 7 heteroatoms. The molecular weight excluding hydrogens is 336 g/mol. The van der Waals surface area contributed by atoms with E-state index in [0.717, 1.165) is 11.3 Å². The summed E-state index contributed by atoms with van der Waals surface area (Å²) in [4.78, 5) is 23.7. The van der Waals surface area contributed by atoms with Gasteiger partial charge in [-0.05, 0) is 45.9 Å². The van der Waals surface area contributed by atoms with Crippen LogP contribution >= 0.6 is 0 Å². The summed E-state index contributed by atoms with van der Waals surface area (Å²) >= 11 is 0. The molecule has 0 aliphatic rings. The largest absolute Gasteiger partial charge is 0.489 e. The lowest BCUT2D eigenvalue weighted by Crippen LogP contribution is -2.27. The molecular formula is C19H24N2O5. The fraction of sp³-hybridized carbons (Fsp3) is 0.421. The molecule has 0 aliphatic heterocycles. The molecule has 0 saturated carbocycles. The summed E-state index contributed by atoms with van der Waals surface area (Å²) in [7, 11) is 0. The second-order valence-electron chi connectivity index (χ2n) is 6.16. The first-order valence-electron chi connectivity index (χ1n) is 8.49. The predicted octanol–water partition coefficient (Wildman–Crippen LogP) is 2.94. The first-order valence-corrected chi connectivity index (χ1v) is 8.49. The summed E-state index contributed by atoms with van der Waals surface area (Å²) in [6.07, 6.45) is -0.0312. The van der Waals surface area contributed by atoms with E-state index in [1.165, 1.54) is 0 Å². The van der Waals surface area contributed by atoms with E-state index in [9.17, 15) is 9.59 Å². The zero-order chi connectivity index (χ0) is 19.1. The fourth-order valence-corrected chi connectivity index (χ4v) is 2.29. The molecule has 0 aliphatic carbocycles. The average Bonchev–Trinajstić information content (AvgIpc) is 2.90. The zero-order valence-electron chi connectivity index (χ0n) is 15.5. The van der Waals surface area contributed by atoms with Crippen molar-refractivity contribution in [2.75, 3.05) is 6.54 Å². The maximum Gasteiger partial charge on any atom is 0.307 e. The highest BCUT2D eigenvalue weighted by atomic mass is 16.5. The molecule has 0 atom stereocenters.